The Balaban J connectivity index is 1.79. The smallest absolute Gasteiger partial charge is 0.0331 e. The Labute approximate surface area is 137 Å². The van der Waals surface area contributed by atoms with Gasteiger partial charge < -0.3 is 5.32 Å². The van der Waals surface area contributed by atoms with Crippen LogP contribution in [0.3, 0.4) is 0 Å². The van der Waals surface area contributed by atoms with Crippen LogP contribution in [0.15, 0.2) is 51.4 Å². The second kappa shape index (κ2) is 6.00. The third kappa shape index (κ3) is 2.85. The van der Waals surface area contributed by atoms with Gasteiger partial charge in [-0.3, -0.25) is 0 Å². The van der Waals surface area contributed by atoms with Crippen molar-refractivity contribution in [3.05, 3.63) is 68.1 Å². The Morgan fingerprint density at radius 3 is 2.75 bits per heavy atom. The fraction of sp³-hybridized carbons (Fsp3) is 0.294. The number of rotatable bonds is 3. The first-order valence-electron chi connectivity index (χ1n) is 6.94. The Kier molecular flexibility index (Phi) is 4.29. The van der Waals surface area contributed by atoms with Crippen LogP contribution in [-0.4, -0.2) is 0 Å². The summed E-state index contributed by atoms with van der Waals surface area (Å²) < 4.78 is 2.35. The number of hydrogen-bond acceptors (Lipinski definition) is 1. The van der Waals surface area contributed by atoms with E-state index in [4.69, 9.17) is 0 Å². The van der Waals surface area contributed by atoms with E-state index in [1.54, 1.807) is 0 Å². The van der Waals surface area contributed by atoms with Gasteiger partial charge >= 0.3 is 0 Å². The van der Waals surface area contributed by atoms with Crippen LogP contribution in [0.2, 0.25) is 0 Å². The predicted molar refractivity (Wildman–Crippen MR) is 90.9 cm³/mol. The highest BCUT2D eigenvalue weighted by atomic mass is 79.9. The van der Waals surface area contributed by atoms with E-state index < -0.39 is 0 Å². The molecule has 1 nitrogen and oxygen atoms in total. The molecule has 1 aliphatic carbocycles. The fourth-order valence-electron chi connectivity index (χ4n) is 2.98. The molecule has 0 fully saturated rings. The van der Waals surface area contributed by atoms with E-state index >= 15 is 0 Å². The van der Waals surface area contributed by atoms with Gasteiger partial charge in [-0.25, -0.2) is 0 Å². The molecular formula is C17H17Br2N. The largest absolute Gasteiger partial charge is 0.303 e. The van der Waals surface area contributed by atoms with Gasteiger partial charge in [0.1, 0.15) is 0 Å². The van der Waals surface area contributed by atoms with E-state index in [0.29, 0.717) is 12.1 Å². The summed E-state index contributed by atoms with van der Waals surface area (Å²) in [4.78, 5) is 0. The molecule has 1 unspecified atom stereocenters. The van der Waals surface area contributed by atoms with Crippen LogP contribution in [0.4, 0.5) is 0 Å². The molecule has 0 amide bonds. The van der Waals surface area contributed by atoms with Crippen molar-refractivity contribution in [2.75, 3.05) is 0 Å². The lowest BCUT2D eigenvalue weighted by molar-refractivity contribution is 0.464. The second-order valence-corrected chi connectivity index (χ2v) is 7.11. The van der Waals surface area contributed by atoms with Gasteiger partial charge in [0.05, 0.1) is 0 Å². The van der Waals surface area contributed by atoms with Crippen molar-refractivity contribution in [3.8, 4) is 0 Å². The summed E-state index contributed by atoms with van der Waals surface area (Å²) in [6.45, 7) is 2.23. The number of nitrogens with one attached hydrogen (secondary N) is 1. The molecule has 1 N–H and O–H groups in total. The zero-order chi connectivity index (χ0) is 14.1. The summed E-state index contributed by atoms with van der Waals surface area (Å²) in [5, 5.41) is 3.77. The first-order valence-corrected chi connectivity index (χ1v) is 8.52. The molecule has 0 saturated carbocycles. The molecule has 2 aromatic carbocycles. The van der Waals surface area contributed by atoms with Crippen LogP contribution < -0.4 is 5.32 Å². The van der Waals surface area contributed by atoms with Gasteiger partial charge in [0, 0.05) is 21.0 Å². The summed E-state index contributed by atoms with van der Waals surface area (Å²) >= 11 is 7.20. The highest BCUT2D eigenvalue weighted by Crippen LogP contribution is 2.35. The molecule has 0 spiro atoms. The molecule has 104 valence electrons. The summed E-state index contributed by atoms with van der Waals surface area (Å²) in [5.41, 5.74) is 4.24. The Morgan fingerprint density at radius 2 is 1.95 bits per heavy atom. The topological polar surface area (TPSA) is 12.0 Å². The lowest BCUT2D eigenvalue weighted by Gasteiger charge is -2.21. The van der Waals surface area contributed by atoms with E-state index in [-0.39, 0.29) is 0 Å². The van der Waals surface area contributed by atoms with Crippen molar-refractivity contribution < 1.29 is 0 Å². The standard InChI is InChI=1S/C17H17Br2N/c1-11(14-4-2-3-5-16(14)19)20-17-9-6-12-10-13(18)7-8-15(12)17/h2-5,7-8,10-11,17,20H,6,9H2,1H3/t11-,17?/m1/s1. The molecule has 0 heterocycles. The van der Waals surface area contributed by atoms with Crippen LogP contribution in [0, 0.1) is 0 Å². The highest BCUT2D eigenvalue weighted by Gasteiger charge is 2.24. The third-order valence-corrected chi connectivity index (χ3v) is 5.22. The van der Waals surface area contributed by atoms with E-state index in [2.05, 4.69) is 86.6 Å². The van der Waals surface area contributed by atoms with Crippen molar-refractivity contribution >= 4 is 31.9 Å². The lowest BCUT2D eigenvalue weighted by atomic mass is 10.0. The average molecular weight is 395 g/mol. The maximum Gasteiger partial charge on any atom is 0.0331 e. The van der Waals surface area contributed by atoms with Gasteiger partial charge in [-0.1, -0.05) is 56.1 Å². The number of fused-ring (bicyclic) bond motifs is 1. The van der Waals surface area contributed by atoms with Gasteiger partial charge in [-0.05, 0) is 54.7 Å². The minimum Gasteiger partial charge on any atom is -0.303 e. The van der Waals surface area contributed by atoms with Crippen molar-refractivity contribution in [2.24, 2.45) is 0 Å². The van der Waals surface area contributed by atoms with Gasteiger partial charge in [0.15, 0.2) is 0 Å². The molecule has 20 heavy (non-hydrogen) atoms. The normalized spacial score (nSPS) is 18.9. The SMILES string of the molecule is C[C@@H](NC1CCc2cc(Br)ccc21)c1ccccc1Br. The first kappa shape index (κ1) is 14.3. The molecule has 3 rings (SSSR count). The Hall–Kier alpha value is -0.640. The van der Waals surface area contributed by atoms with Crippen LogP contribution in [0.1, 0.15) is 42.1 Å². The fourth-order valence-corrected chi connectivity index (χ4v) is 4.01. The number of hydrogen-bond donors (Lipinski definition) is 1. The zero-order valence-corrected chi connectivity index (χ0v) is 14.5. The monoisotopic (exact) mass is 393 g/mol. The molecule has 1 aliphatic rings. The molecule has 0 saturated heterocycles. The van der Waals surface area contributed by atoms with Crippen LogP contribution in [0.5, 0.6) is 0 Å². The minimum absolute atomic E-state index is 0.338. The van der Waals surface area contributed by atoms with E-state index in [1.807, 2.05) is 0 Å². The van der Waals surface area contributed by atoms with Crippen molar-refractivity contribution in [2.45, 2.75) is 31.8 Å². The number of halogens is 2. The first-order chi connectivity index (χ1) is 9.65. The maximum atomic E-state index is 3.77. The van der Waals surface area contributed by atoms with E-state index in [9.17, 15) is 0 Å². The molecule has 0 aromatic heterocycles. The van der Waals surface area contributed by atoms with Crippen LogP contribution in [-0.2, 0) is 6.42 Å². The molecule has 0 bridgehead atoms. The quantitative estimate of drug-likeness (QED) is 0.719. The Morgan fingerprint density at radius 1 is 1.15 bits per heavy atom. The summed E-state index contributed by atoms with van der Waals surface area (Å²) in [6.07, 6.45) is 2.34. The molecule has 2 aromatic rings. The van der Waals surface area contributed by atoms with Gasteiger partial charge in [0.25, 0.3) is 0 Å². The second-order valence-electron chi connectivity index (χ2n) is 5.34. The van der Waals surface area contributed by atoms with E-state index in [0.717, 1.165) is 6.42 Å². The summed E-state index contributed by atoms with van der Waals surface area (Å²) in [5.74, 6) is 0. The van der Waals surface area contributed by atoms with Crippen LogP contribution in [0.25, 0.3) is 0 Å². The summed E-state index contributed by atoms with van der Waals surface area (Å²) in [6, 6.07) is 15.9. The molecule has 0 radical (unpaired) electrons. The maximum absolute atomic E-state index is 3.77. The van der Waals surface area contributed by atoms with Gasteiger partial charge in [0.2, 0.25) is 0 Å². The molecule has 0 aliphatic heterocycles. The van der Waals surface area contributed by atoms with Gasteiger partial charge in [-0.2, -0.15) is 0 Å². The minimum atomic E-state index is 0.338. The Bertz CT molecular complexity index is 624. The van der Waals surface area contributed by atoms with Gasteiger partial charge in [-0.15, -0.1) is 0 Å². The van der Waals surface area contributed by atoms with Crippen molar-refractivity contribution in [1.29, 1.82) is 0 Å². The zero-order valence-electron chi connectivity index (χ0n) is 11.4. The highest BCUT2D eigenvalue weighted by molar-refractivity contribution is 9.10. The van der Waals surface area contributed by atoms with Crippen LogP contribution >= 0.6 is 31.9 Å². The van der Waals surface area contributed by atoms with Crippen molar-refractivity contribution in [3.63, 3.8) is 0 Å². The third-order valence-electron chi connectivity index (χ3n) is 4.01. The predicted octanol–water partition coefficient (Wildman–Crippen LogP) is 5.55. The number of benzene rings is 2. The lowest BCUT2D eigenvalue weighted by Crippen LogP contribution is -2.23. The summed E-state index contributed by atoms with van der Waals surface area (Å²) in [7, 11) is 0. The molecular weight excluding hydrogens is 378 g/mol. The average Bonchev–Trinajstić information content (AvgIpc) is 2.81. The van der Waals surface area contributed by atoms with E-state index in [1.165, 1.54) is 32.1 Å². The number of aryl methyl sites for hydroxylation is 1. The van der Waals surface area contributed by atoms with Crippen molar-refractivity contribution in [1.82, 2.24) is 5.32 Å². The molecule has 2 atom stereocenters. The molecule has 3 heteroatoms.